The lowest BCUT2D eigenvalue weighted by molar-refractivity contribution is -0.135. The summed E-state index contributed by atoms with van der Waals surface area (Å²) in [5.41, 5.74) is 14.6. The van der Waals surface area contributed by atoms with Crippen LogP contribution in [0.1, 0.15) is 55.9 Å². The Bertz CT molecular complexity index is 1660. The molecule has 0 radical (unpaired) electrons. The summed E-state index contributed by atoms with van der Waals surface area (Å²) in [5.74, 6) is -0.559. The summed E-state index contributed by atoms with van der Waals surface area (Å²) < 4.78 is 8.02. The quantitative estimate of drug-likeness (QED) is 0.236. The molecule has 1 saturated carbocycles. The standard InChI is InChI=1S/C29H34N8O2.2C2H4O2/c1-35-13-15-36(16-14-35)21-7-9-22(10-8-21)37-29-25(27(30)32-18-33-29)26(34-37)19-5-11-23(12-6-19)39-24-4-2-3-20(17-24)28(31)38;2*1-2(3)4/h2-6,11-12,17-18,21-22H,7-10,13-16H2,1H3,(H2,31,38)(H2,30,32,33);2*1H3,(H,3,4). The van der Waals surface area contributed by atoms with Crippen LogP contribution >= 0.6 is 0 Å². The molecule has 1 amide bonds. The van der Waals surface area contributed by atoms with Gasteiger partial charge in [0.1, 0.15) is 29.3 Å². The Morgan fingerprint density at radius 3 is 2.04 bits per heavy atom. The molecule has 3 heterocycles. The highest BCUT2D eigenvalue weighted by Gasteiger charge is 2.30. The second kappa shape index (κ2) is 16.0. The lowest BCUT2D eigenvalue weighted by atomic mass is 9.90. The molecule has 0 atom stereocenters. The Morgan fingerprint density at radius 2 is 1.45 bits per heavy atom. The molecule has 1 aliphatic heterocycles. The van der Waals surface area contributed by atoms with Gasteiger partial charge in [0.2, 0.25) is 5.91 Å². The number of fused-ring (bicyclic) bond motifs is 1. The number of nitrogen functional groups attached to an aromatic ring is 1. The Hall–Kier alpha value is -5.08. The lowest BCUT2D eigenvalue weighted by Crippen LogP contribution is -2.49. The average Bonchev–Trinajstić information content (AvgIpc) is 3.43. The van der Waals surface area contributed by atoms with E-state index < -0.39 is 17.8 Å². The van der Waals surface area contributed by atoms with Gasteiger partial charge in [0.15, 0.2) is 5.65 Å². The zero-order chi connectivity index (χ0) is 34.1. The summed E-state index contributed by atoms with van der Waals surface area (Å²) in [7, 11) is 2.20. The molecule has 2 aromatic heterocycles. The first-order valence-corrected chi connectivity index (χ1v) is 15.4. The fourth-order valence-electron chi connectivity index (χ4n) is 5.84. The van der Waals surface area contributed by atoms with Crippen LogP contribution in [0, 0.1) is 0 Å². The molecular weight excluding hydrogens is 604 g/mol. The molecule has 47 heavy (non-hydrogen) atoms. The SMILES string of the molecule is CC(=O)O.CC(=O)O.CN1CCN(C2CCC(n3nc(-c4ccc(Oc5cccc(C(N)=O)c5)cc4)c4c(N)ncnc43)CC2)CC1. The zero-order valence-corrected chi connectivity index (χ0v) is 26.9. The molecule has 6 rings (SSSR count). The molecule has 4 aromatic rings. The normalized spacial score (nSPS) is 18.3. The number of benzene rings is 2. The number of carbonyl (C=O) groups excluding carboxylic acids is 1. The molecule has 2 aliphatic rings. The van der Waals surface area contributed by atoms with Crippen molar-refractivity contribution in [3.63, 3.8) is 0 Å². The van der Waals surface area contributed by atoms with Crippen molar-refractivity contribution in [3.8, 4) is 22.8 Å². The number of nitrogens with zero attached hydrogens (tertiary/aromatic N) is 6. The van der Waals surface area contributed by atoms with E-state index in [1.165, 1.54) is 6.33 Å². The summed E-state index contributed by atoms with van der Waals surface area (Å²) in [6, 6.07) is 15.4. The molecule has 14 nitrogen and oxygen atoms in total. The van der Waals surface area contributed by atoms with Crippen LogP contribution in [-0.2, 0) is 9.59 Å². The summed E-state index contributed by atoms with van der Waals surface area (Å²) in [6.45, 7) is 6.77. The van der Waals surface area contributed by atoms with E-state index in [0.29, 0.717) is 28.9 Å². The van der Waals surface area contributed by atoms with E-state index in [1.807, 2.05) is 24.3 Å². The number of carbonyl (C=O) groups is 3. The number of rotatable bonds is 6. The van der Waals surface area contributed by atoms with Gasteiger partial charge in [0.25, 0.3) is 11.9 Å². The van der Waals surface area contributed by atoms with Crippen LogP contribution in [0.2, 0.25) is 0 Å². The van der Waals surface area contributed by atoms with Crippen molar-refractivity contribution in [2.45, 2.75) is 51.6 Å². The molecule has 0 spiro atoms. The van der Waals surface area contributed by atoms with Crippen LogP contribution in [-0.4, -0.2) is 96.9 Å². The molecule has 6 N–H and O–H groups in total. The highest BCUT2D eigenvalue weighted by molar-refractivity contribution is 5.98. The number of aliphatic carboxylic acids is 2. The fraction of sp³-hybridized carbons (Fsp3) is 0.394. The number of nitrogens with two attached hydrogens (primary N) is 2. The molecule has 0 unspecified atom stereocenters. The summed E-state index contributed by atoms with van der Waals surface area (Å²) in [5, 5.41) is 20.7. The van der Waals surface area contributed by atoms with Crippen LogP contribution in [0.15, 0.2) is 54.9 Å². The van der Waals surface area contributed by atoms with Gasteiger partial charge in [-0.3, -0.25) is 19.3 Å². The fourth-order valence-corrected chi connectivity index (χ4v) is 5.84. The van der Waals surface area contributed by atoms with E-state index in [2.05, 4.69) is 31.5 Å². The highest BCUT2D eigenvalue weighted by atomic mass is 16.5. The Balaban J connectivity index is 0.000000564. The number of piperazine rings is 1. The highest BCUT2D eigenvalue weighted by Crippen LogP contribution is 2.37. The number of hydrogen-bond donors (Lipinski definition) is 4. The number of ether oxygens (including phenoxy) is 1. The Morgan fingerprint density at radius 1 is 0.851 bits per heavy atom. The van der Waals surface area contributed by atoms with Gasteiger partial charge in [-0.25, -0.2) is 14.6 Å². The smallest absolute Gasteiger partial charge is 0.300 e. The number of likely N-dealkylation sites (N-methyl/N-ethyl adjacent to an activating group) is 1. The van der Waals surface area contributed by atoms with Crippen molar-refractivity contribution in [1.82, 2.24) is 29.5 Å². The third kappa shape index (κ3) is 9.47. The van der Waals surface area contributed by atoms with E-state index in [1.54, 1.807) is 24.3 Å². The van der Waals surface area contributed by atoms with Crippen molar-refractivity contribution >= 4 is 34.7 Å². The number of amides is 1. The largest absolute Gasteiger partial charge is 0.481 e. The van der Waals surface area contributed by atoms with Crippen molar-refractivity contribution in [3.05, 3.63) is 60.4 Å². The number of anilines is 1. The van der Waals surface area contributed by atoms with Gasteiger partial charge in [-0.1, -0.05) is 6.07 Å². The lowest BCUT2D eigenvalue weighted by Gasteiger charge is -2.41. The predicted octanol–water partition coefficient (Wildman–Crippen LogP) is 3.88. The van der Waals surface area contributed by atoms with Gasteiger partial charge >= 0.3 is 0 Å². The first kappa shape index (κ1) is 34.8. The first-order chi connectivity index (χ1) is 22.4. The van der Waals surface area contributed by atoms with Crippen LogP contribution in [0.5, 0.6) is 11.5 Å². The maximum absolute atomic E-state index is 11.5. The number of aromatic nitrogens is 4. The van der Waals surface area contributed by atoms with Crippen LogP contribution in [0.25, 0.3) is 22.3 Å². The predicted molar refractivity (Wildman–Crippen MR) is 177 cm³/mol. The number of primary amides is 1. The summed E-state index contributed by atoms with van der Waals surface area (Å²) in [6.07, 6.45) is 5.97. The third-order valence-electron chi connectivity index (χ3n) is 8.07. The van der Waals surface area contributed by atoms with Crippen molar-refractivity contribution in [2.75, 3.05) is 39.0 Å². The van der Waals surface area contributed by atoms with Gasteiger partial charge in [-0.15, -0.1) is 0 Å². The van der Waals surface area contributed by atoms with Gasteiger partial charge < -0.3 is 31.3 Å². The maximum atomic E-state index is 11.5. The Labute approximate surface area is 272 Å². The van der Waals surface area contributed by atoms with Crippen molar-refractivity contribution < 1.29 is 29.3 Å². The minimum absolute atomic E-state index is 0.277. The van der Waals surface area contributed by atoms with E-state index in [9.17, 15) is 4.79 Å². The van der Waals surface area contributed by atoms with E-state index in [0.717, 1.165) is 88.0 Å². The molecular formula is C33H42N8O6. The monoisotopic (exact) mass is 646 g/mol. The molecule has 1 saturated heterocycles. The molecule has 2 fully saturated rings. The Kier molecular flexibility index (Phi) is 11.8. The van der Waals surface area contributed by atoms with Crippen molar-refractivity contribution in [1.29, 1.82) is 0 Å². The van der Waals surface area contributed by atoms with Gasteiger partial charge in [0.05, 0.1) is 11.4 Å². The second-order valence-corrected chi connectivity index (χ2v) is 11.6. The third-order valence-corrected chi connectivity index (χ3v) is 8.07. The summed E-state index contributed by atoms with van der Waals surface area (Å²) >= 11 is 0. The van der Waals surface area contributed by atoms with Crippen LogP contribution in [0.3, 0.4) is 0 Å². The van der Waals surface area contributed by atoms with Gasteiger partial charge in [0, 0.05) is 57.2 Å². The number of hydrogen-bond acceptors (Lipinski definition) is 10. The van der Waals surface area contributed by atoms with Gasteiger partial charge in [-0.2, -0.15) is 5.10 Å². The van der Waals surface area contributed by atoms with E-state index in [-0.39, 0.29) is 6.04 Å². The minimum atomic E-state index is -0.833. The average molecular weight is 647 g/mol. The molecule has 14 heteroatoms. The van der Waals surface area contributed by atoms with Crippen molar-refractivity contribution in [2.24, 2.45) is 5.73 Å². The van der Waals surface area contributed by atoms with Crippen LogP contribution in [0.4, 0.5) is 5.82 Å². The summed E-state index contributed by atoms with van der Waals surface area (Å²) in [4.78, 5) is 43.4. The maximum Gasteiger partial charge on any atom is 0.300 e. The molecule has 0 bridgehead atoms. The first-order valence-electron chi connectivity index (χ1n) is 15.4. The number of carboxylic acid groups (broad SMARTS) is 2. The minimum Gasteiger partial charge on any atom is -0.481 e. The molecule has 2 aromatic carbocycles. The molecule has 250 valence electrons. The molecule has 1 aliphatic carbocycles. The van der Waals surface area contributed by atoms with E-state index in [4.69, 9.17) is 41.1 Å². The van der Waals surface area contributed by atoms with E-state index >= 15 is 0 Å². The number of carboxylic acids is 2. The topological polar surface area (TPSA) is 203 Å². The van der Waals surface area contributed by atoms with Crippen LogP contribution < -0.4 is 16.2 Å². The van der Waals surface area contributed by atoms with Gasteiger partial charge in [-0.05, 0) is 75.2 Å². The zero-order valence-electron chi connectivity index (χ0n) is 26.9. The second-order valence-electron chi connectivity index (χ2n) is 11.6.